The fourth-order valence-corrected chi connectivity index (χ4v) is 1.46. The standard InChI is InChI=1S/C9H16N2O/c1-2-5-11-6-3-9(12,8-10)4-7-11/h1,12H,3-8,10H2. The minimum absolute atomic E-state index is 0.358. The molecule has 0 spiro atoms. The van der Waals surface area contributed by atoms with Gasteiger partial charge in [0.15, 0.2) is 0 Å². The Morgan fingerprint density at radius 3 is 2.50 bits per heavy atom. The van der Waals surface area contributed by atoms with Crippen molar-refractivity contribution in [3.8, 4) is 12.3 Å². The van der Waals surface area contributed by atoms with E-state index in [4.69, 9.17) is 12.2 Å². The van der Waals surface area contributed by atoms with Gasteiger partial charge in [-0.3, -0.25) is 4.90 Å². The van der Waals surface area contributed by atoms with E-state index in [1.165, 1.54) is 0 Å². The molecule has 0 amide bonds. The Bertz CT molecular complexity index is 177. The summed E-state index contributed by atoms with van der Waals surface area (Å²) in [5.41, 5.74) is 4.81. The second kappa shape index (κ2) is 3.90. The molecule has 0 radical (unpaired) electrons. The highest BCUT2D eigenvalue weighted by Gasteiger charge is 2.30. The second-order valence-corrected chi connectivity index (χ2v) is 3.41. The normalized spacial score (nSPS) is 23.4. The lowest BCUT2D eigenvalue weighted by Crippen LogP contribution is -2.48. The van der Waals surface area contributed by atoms with Gasteiger partial charge in [-0.15, -0.1) is 6.42 Å². The molecule has 1 rings (SSSR count). The van der Waals surface area contributed by atoms with Crippen molar-refractivity contribution in [2.75, 3.05) is 26.2 Å². The fourth-order valence-electron chi connectivity index (χ4n) is 1.46. The molecule has 0 atom stereocenters. The van der Waals surface area contributed by atoms with E-state index in [-0.39, 0.29) is 0 Å². The average Bonchev–Trinajstić information content (AvgIpc) is 2.10. The maximum absolute atomic E-state index is 9.76. The van der Waals surface area contributed by atoms with Gasteiger partial charge in [-0.05, 0) is 12.8 Å². The van der Waals surface area contributed by atoms with E-state index in [9.17, 15) is 5.11 Å². The molecule has 3 N–H and O–H groups in total. The van der Waals surface area contributed by atoms with Crippen LogP contribution in [-0.4, -0.2) is 41.8 Å². The van der Waals surface area contributed by atoms with Crippen molar-refractivity contribution >= 4 is 0 Å². The first kappa shape index (κ1) is 9.53. The Hall–Kier alpha value is -0.560. The molecule has 1 saturated heterocycles. The first-order valence-corrected chi connectivity index (χ1v) is 4.28. The van der Waals surface area contributed by atoms with Crippen molar-refractivity contribution in [3.63, 3.8) is 0 Å². The predicted octanol–water partition coefficient (Wildman–Crippen LogP) is -0.595. The van der Waals surface area contributed by atoms with Crippen molar-refractivity contribution < 1.29 is 5.11 Å². The van der Waals surface area contributed by atoms with Crippen molar-refractivity contribution in [2.45, 2.75) is 18.4 Å². The molecule has 68 valence electrons. The molecule has 0 aliphatic carbocycles. The fraction of sp³-hybridized carbons (Fsp3) is 0.778. The van der Waals surface area contributed by atoms with Crippen LogP contribution in [0.25, 0.3) is 0 Å². The Morgan fingerprint density at radius 2 is 2.08 bits per heavy atom. The zero-order chi connectivity index (χ0) is 9.03. The zero-order valence-corrected chi connectivity index (χ0v) is 7.29. The Kier molecular flexibility index (Phi) is 3.10. The highest BCUT2D eigenvalue weighted by molar-refractivity contribution is 4.93. The van der Waals surface area contributed by atoms with E-state index in [0.29, 0.717) is 13.1 Å². The highest BCUT2D eigenvalue weighted by atomic mass is 16.3. The Morgan fingerprint density at radius 1 is 1.50 bits per heavy atom. The quantitative estimate of drug-likeness (QED) is 0.542. The Labute approximate surface area is 73.5 Å². The number of nitrogens with zero attached hydrogens (tertiary/aromatic N) is 1. The molecule has 0 unspecified atom stereocenters. The summed E-state index contributed by atoms with van der Waals surface area (Å²) in [6, 6.07) is 0. The summed E-state index contributed by atoms with van der Waals surface area (Å²) in [6.45, 7) is 2.76. The summed E-state index contributed by atoms with van der Waals surface area (Å²) >= 11 is 0. The van der Waals surface area contributed by atoms with Crippen LogP contribution in [0.5, 0.6) is 0 Å². The van der Waals surface area contributed by atoms with Crippen molar-refractivity contribution in [1.29, 1.82) is 0 Å². The van der Waals surface area contributed by atoms with Crippen LogP contribution in [0.1, 0.15) is 12.8 Å². The first-order valence-electron chi connectivity index (χ1n) is 4.28. The number of hydrogen-bond acceptors (Lipinski definition) is 3. The molecule has 0 bridgehead atoms. The molecule has 0 aromatic heterocycles. The number of piperidine rings is 1. The van der Waals surface area contributed by atoms with Gasteiger partial charge in [0, 0.05) is 19.6 Å². The topological polar surface area (TPSA) is 49.5 Å². The molecule has 1 heterocycles. The average molecular weight is 168 g/mol. The summed E-state index contributed by atoms with van der Waals surface area (Å²) < 4.78 is 0. The van der Waals surface area contributed by atoms with Crippen LogP contribution in [0.2, 0.25) is 0 Å². The van der Waals surface area contributed by atoms with Gasteiger partial charge in [-0.25, -0.2) is 0 Å². The van der Waals surface area contributed by atoms with Crippen molar-refractivity contribution in [2.24, 2.45) is 5.73 Å². The SMILES string of the molecule is C#CCN1CCC(O)(CN)CC1. The first-order chi connectivity index (χ1) is 5.70. The number of terminal acetylenes is 1. The third-order valence-corrected chi connectivity index (χ3v) is 2.48. The number of aliphatic hydroxyl groups is 1. The van der Waals surface area contributed by atoms with Gasteiger partial charge >= 0.3 is 0 Å². The van der Waals surface area contributed by atoms with E-state index < -0.39 is 5.60 Å². The Balaban J connectivity index is 2.35. The summed E-state index contributed by atoms with van der Waals surface area (Å²) in [5, 5.41) is 9.76. The molecule has 0 aromatic rings. The van der Waals surface area contributed by atoms with Crippen LogP contribution in [-0.2, 0) is 0 Å². The second-order valence-electron chi connectivity index (χ2n) is 3.41. The van der Waals surface area contributed by atoms with Crippen LogP contribution in [0.3, 0.4) is 0 Å². The molecular formula is C9H16N2O. The van der Waals surface area contributed by atoms with E-state index in [1.807, 2.05) is 0 Å². The van der Waals surface area contributed by atoms with Gasteiger partial charge in [0.1, 0.15) is 0 Å². The summed E-state index contributed by atoms with van der Waals surface area (Å²) in [5.74, 6) is 2.60. The molecular weight excluding hydrogens is 152 g/mol. The summed E-state index contributed by atoms with van der Waals surface area (Å²) in [6.07, 6.45) is 6.66. The number of nitrogens with two attached hydrogens (primary N) is 1. The van der Waals surface area contributed by atoms with Crippen LogP contribution in [0.15, 0.2) is 0 Å². The van der Waals surface area contributed by atoms with Gasteiger partial charge in [-0.1, -0.05) is 5.92 Å². The minimum atomic E-state index is -0.634. The van der Waals surface area contributed by atoms with E-state index in [2.05, 4.69) is 10.8 Å². The van der Waals surface area contributed by atoms with E-state index in [1.54, 1.807) is 0 Å². The highest BCUT2D eigenvalue weighted by Crippen LogP contribution is 2.20. The molecule has 1 fully saturated rings. The third-order valence-electron chi connectivity index (χ3n) is 2.48. The van der Waals surface area contributed by atoms with Crippen molar-refractivity contribution in [3.05, 3.63) is 0 Å². The number of likely N-dealkylation sites (tertiary alicyclic amines) is 1. The molecule has 0 aromatic carbocycles. The van der Waals surface area contributed by atoms with E-state index >= 15 is 0 Å². The maximum atomic E-state index is 9.76. The summed E-state index contributed by atoms with van der Waals surface area (Å²) in [4.78, 5) is 2.16. The van der Waals surface area contributed by atoms with Crippen LogP contribution >= 0.6 is 0 Å². The zero-order valence-electron chi connectivity index (χ0n) is 7.29. The largest absolute Gasteiger partial charge is 0.388 e. The monoisotopic (exact) mass is 168 g/mol. The molecule has 0 saturated carbocycles. The number of hydrogen-bond donors (Lipinski definition) is 2. The molecule has 3 nitrogen and oxygen atoms in total. The lowest BCUT2D eigenvalue weighted by Gasteiger charge is -2.36. The molecule has 3 heteroatoms. The summed E-state index contributed by atoms with van der Waals surface area (Å²) in [7, 11) is 0. The van der Waals surface area contributed by atoms with Crippen LogP contribution < -0.4 is 5.73 Å². The smallest absolute Gasteiger partial charge is 0.0793 e. The van der Waals surface area contributed by atoms with Crippen LogP contribution in [0, 0.1) is 12.3 Å². The van der Waals surface area contributed by atoms with Crippen molar-refractivity contribution in [1.82, 2.24) is 4.90 Å². The minimum Gasteiger partial charge on any atom is -0.388 e. The molecule has 1 aliphatic heterocycles. The molecule has 1 aliphatic rings. The van der Waals surface area contributed by atoms with Crippen LogP contribution in [0.4, 0.5) is 0 Å². The van der Waals surface area contributed by atoms with Gasteiger partial charge in [-0.2, -0.15) is 0 Å². The number of rotatable bonds is 2. The molecule has 12 heavy (non-hydrogen) atoms. The van der Waals surface area contributed by atoms with Gasteiger partial charge < -0.3 is 10.8 Å². The third kappa shape index (κ3) is 2.21. The predicted molar refractivity (Wildman–Crippen MR) is 48.5 cm³/mol. The van der Waals surface area contributed by atoms with Gasteiger partial charge in [0.25, 0.3) is 0 Å². The lowest BCUT2D eigenvalue weighted by molar-refractivity contribution is -0.0103. The van der Waals surface area contributed by atoms with Gasteiger partial charge in [0.2, 0.25) is 0 Å². The van der Waals surface area contributed by atoms with E-state index in [0.717, 1.165) is 25.9 Å². The lowest BCUT2D eigenvalue weighted by atomic mass is 9.92. The maximum Gasteiger partial charge on any atom is 0.0793 e. The van der Waals surface area contributed by atoms with Gasteiger partial charge in [0.05, 0.1) is 12.1 Å².